The first-order chi connectivity index (χ1) is 19.4. The number of likely N-dealkylation sites (tertiary alicyclic amines) is 1. The molecule has 0 bridgehead atoms. The maximum absolute atomic E-state index is 14.3. The third-order valence-electron chi connectivity index (χ3n) is 10.8. The fourth-order valence-corrected chi connectivity index (χ4v) is 7.97. The lowest BCUT2D eigenvalue weighted by atomic mass is 9.83. The molecule has 228 valence electrons. The number of hydrogen-bond donors (Lipinski definition) is 3. The molecule has 0 aromatic heterocycles. The molecular formula is C31H48N4O6. The maximum Gasteiger partial charge on any atom is 0.408 e. The Morgan fingerprint density at radius 1 is 0.902 bits per heavy atom. The normalized spacial score (nSPS) is 29.9. The van der Waals surface area contributed by atoms with E-state index in [1.165, 1.54) is 0 Å². The molecule has 5 aliphatic rings. The first-order valence-electron chi connectivity index (χ1n) is 15.9. The predicted molar refractivity (Wildman–Crippen MR) is 151 cm³/mol. The minimum absolute atomic E-state index is 0.0318. The molecule has 4 saturated carbocycles. The van der Waals surface area contributed by atoms with Gasteiger partial charge in [0.05, 0.1) is 6.04 Å². The van der Waals surface area contributed by atoms with Gasteiger partial charge in [0, 0.05) is 6.54 Å². The molecular weight excluding hydrogens is 524 g/mol. The van der Waals surface area contributed by atoms with Crippen LogP contribution < -0.4 is 16.4 Å². The monoisotopic (exact) mass is 572 g/mol. The summed E-state index contributed by atoms with van der Waals surface area (Å²) in [6.45, 7) is 6.58. The highest BCUT2D eigenvalue weighted by Gasteiger charge is 2.69. The molecule has 10 nitrogen and oxygen atoms in total. The zero-order valence-corrected chi connectivity index (χ0v) is 24.9. The van der Waals surface area contributed by atoms with E-state index >= 15 is 0 Å². The smallest absolute Gasteiger partial charge is 0.408 e. The number of amides is 4. The highest BCUT2D eigenvalue weighted by Crippen LogP contribution is 2.65. The minimum atomic E-state index is -1.06. The Kier molecular flexibility index (Phi) is 8.41. The Bertz CT molecular complexity index is 1060. The molecule has 1 heterocycles. The van der Waals surface area contributed by atoms with Gasteiger partial charge in [-0.25, -0.2) is 4.79 Å². The molecule has 0 radical (unpaired) electrons. The van der Waals surface area contributed by atoms with Crippen molar-refractivity contribution in [1.29, 1.82) is 0 Å². The van der Waals surface area contributed by atoms with Gasteiger partial charge in [-0.2, -0.15) is 0 Å². The number of Topliss-reactive ketones (excluding diaryl/α,β-unsaturated/α-hetero) is 1. The molecule has 4 amide bonds. The molecule has 5 fully saturated rings. The standard InChI is InChI=1S/C31H48N4O6/c1-30(2)20-17-35(24(22(20)30)27(38)33-21(16-18-12-13-18)25(36)26(32)37)28(39)23(19-10-6-4-7-11-19)34-29(40)41-31(3)14-8-5-9-15-31/h18-24H,4-17H2,1-3H3,(H2,32,37)(H,33,38)(H,34,40)/t20-,21-,22-,23-,24-/m0/s1. The lowest BCUT2D eigenvalue weighted by molar-refractivity contribution is -0.144. The molecule has 5 atom stereocenters. The fourth-order valence-electron chi connectivity index (χ4n) is 7.97. The molecule has 1 aliphatic heterocycles. The van der Waals surface area contributed by atoms with Gasteiger partial charge < -0.3 is 26.0 Å². The number of piperidine rings is 1. The number of nitrogens with one attached hydrogen (secondary N) is 2. The average Bonchev–Trinajstić information content (AvgIpc) is 3.78. The molecule has 1 saturated heterocycles. The van der Waals surface area contributed by atoms with Crippen LogP contribution in [0.25, 0.3) is 0 Å². The SMILES string of the molecule is CC1(OC(=O)N[C@H](C(=O)N2C[C@H]3[C@@H]([C@H]2C(=O)N[C@@H](CC2CC2)C(=O)C(N)=O)C3(C)C)C2CCCCC2)CCCCC1. The molecule has 0 aromatic rings. The number of nitrogens with two attached hydrogens (primary N) is 1. The number of nitrogens with zero attached hydrogens (tertiary/aromatic N) is 1. The van der Waals surface area contributed by atoms with Crippen LogP contribution in [0.5, 0.6) is 0 Å². The van der Waals surface area contributed by atoms with Crippen molar-refractivity contribution in [2.24, 2.45) is 34.8 Å². The third kappa shape index (κ3) is 6.41. The van der Waals surface area contributed by atoms with Crippen molar-refractivity contribution >= 4 is 29.6 Å². The van der Waals surface area contributed by atoms with Gasteiger partial charge in [0.15, 0.2) is 0 Å². The van der Waals surface area contributed by atoms with E-state index in [1.807, 2.05) is 6.92 Å². The summed E-state index contributed by atoms with van der Waals surface area (Å²) in [5.74, 6) is -2.20. The molecule has 5 rings (SSSR count). The Morgan fingerprint density at radius 2 is 1.54 bits per heavy atom. The van der Waals surface area contributed by atoms with Crippen molar-refractivity contribution in [3.05, 3.63) is 0 Å². The number of fused-ring (bicyclic) bond motifs is 1. The summed E-state index contributed by atoms with van der Waals surface area (Å²) < 4.78 is 5.91. The number of ether oxygens (including phenoxy) is 1. The van der Waals surface area contributed by atoms with E-state index in [0.717, 1.165) is 77.0 Å². The van der Waals surface area contributed by atoms with Crippen molar-refractivity contribution < 1.29 is 28.7 Å². The van der Waals surface area contributed by atoms with Crippen LogP contribution in [0.3, 0.4) is 0 Å². The fraction of sp³-hybridized carbons (Fsp3) is 0.839. The van der Waals surface area contributed by atoms with E-state index in [1.54, 1.807) is 4.90 Å². The van der Waals surface area contributed by atoms with Crippen molar-refractivity contribution in [1.82, 2.24) is 15.5 Å². The van der Waals surface area contributed by atoms with Gasteiger partial charge >= 0.3 is 6.09 Å². The van der Waals surface area contributed by atoms with Gasteiger partial charge in [0.2, 0.25) is 17.6 Å². The molecule has 0 spiro atoms. The molecule has 4 N–H and O–H groups in total. The van der Waals surface area contributed by atoms with Gasteiger partial charge in [-0.1, -0.05) is 52.4 Å². The molecule has 0 unspecified atom stereocenters. The summed E-state index contributed by atoms with van der Waals surface area (Å²) in [7, 11) is 0. The first-order valence-corrected chi connectivity index (χ1v) is 15.9. The van der Waals surface area contributed by atoms with E-state index in [4.69, 9.17) is 10.5 Å². The predicted octanol–water partition coefficient (Wildman–Crippen LogP) is 3.21. The number of rotatable bonds is 10. The zero-order valence-electron chi connectivity index (χ0n) is 24.9. The quantitative estimate of drug-likeness (QED) is 0.343. The van der Waals surface area contributed by atoms with Crippen LogP contribution in [-0.4, -0.2) is 64.8 Å². The van der Waals surface area contributed by atoms with E-state index in [9.17, 15) is 24.0 Å². The number of alkyl carbamates (subject to hydrolysis) is 1. The first kappa shape index (κ1) is 29.8. The van der Waals surface area contributed by atoms with Crippen molar-refractivity contribution in [3.63, 3.8) is 0 Å². The highest BCUT2D eigenvalue weighted by atomic mass is 16.6. The summed E-state index contributed by atoms with van der Waals surface area (Å²) >= 11 is 0. The van der Waals surface area contributed by atoms with Gasteiger partial charge in [0.25, 0.3) is 5.91 Å². The number of hydrogen-bond acceptors (Lipinski definition) is 6. The summed E-state index contributed by atoms with van der Waals surface area (Å²) in [6.07, 6.45) is 11.2. The number of ketones is 1. The Labute approximate surface area is 243 Å². The largest absolute Gasteiger partial charge is 0.443 e. The van der Waals surface area contributed by atoms with Crippen LogP contribution in [-0.2, 0) is 23.9 Å². The lowest BCUT2D eigenvalue weighted by Gasteiger charge is -2.38. The van der Waals surface area contributed by atoms with E-state index in [-0.39, 0.29) is 35.0 Å². The van der Waals surface area contributed by atoms with Crippen LogP contribution in [0.1, 0.15) is 104 Å². The summed E-state index contributed by atoms with van der Waals surface area (Å²) in [5, 5.41) is 5.77. The highest BCUT2D eigenvalue weighted by molar-refractivity contribution is 6.37. The van der Waals surface area contributed by atoms with Crippen LogP contribution in [0.4, 0.5) is 4.79 Å². The maximum atomic E-state index is 14.3. The van der Waals surface area contributed by atoms with Crippen LogP contribution in [0.15, 0.2) is 0 Å². The summed E-state index contributed by atoms with van der Waals surface area (Å²) in [5.41, 5.74) is 4.65. The Morgan fingerprint density at radius 3 is 2.15 bits per heavy atom. The number of carbonyl (C=O) groups excluding carboxylic acids is 5. The minimum Gasteiger partial charge on any atom is -0.443 e. The van der Waals surface area contributed by atoms with Crippen molar-refractivity contribution in [2.75, 3.05) is 6.54 Å². The van der Waals surface area contributed by atoms with Crippen molar-refractivity contribution in [2.45, 2.75) is 128 Å². The van der Waals surface area contributed by atoms with Crippen LogP contribution in [0, 0.1) is 29.1 Å². The van der Waals surface area contributed by atoms with Gasteiger partial charge in [0.1, 0.15) is 17.7 Å². The Balaban J connectivity index is 1.34. The van der Waals surface area contributed by atoms with Crippen molar-refractivity contribution in [3.8, 4) is 0 Å². The van der Waals surface area contributed by atoms with Crippen LogP contribution in [0.2, 0.25) is 0 Å². The zero-order chi connectivity index (χ0) is 29.5. The van der Waals surface area contributed by atoms with Gasteiger partial charge in [-0.3, -0.25) is 19.2 Å². The molecule has 41 heavy (non-hydrogen) atoms. The van der Waals surface area contributed by atoms with Crippen LogP contribution >= 0.6 is 0 Å². The topological polar surface area (TPSA) is 148 Å². The summed E-state index contributed by atoms with van der Waals surface area (Å²) in [6, 6.07) is -2.53. The molecule has 10 heteroatoms. The second-order valence-corrected chi connectivity index (χ2v) is 14.3. The molecule has 4 aliphatic carbocycles. The van der Waals surface area contributed by atoms with E-state index in [0.29, 0.717) is 13.0 Å². The Hall–Kier alpha value is -2.65. The number of carbonyl (C=O) groups is 5. The second kappa shape index (κ2) is 11.6. The van der Waals surface area contributed by atoms with E-state index in [2.05, 4.69) is 24.5 Å². The summed E-state index contributed by atoms with van der Waals surface area (Å²) in [4.78, 5) is 67.3. The molecule has 0 aromatic carbocycles. The van der Waals surface area contributed by atoms with E-state index < -0.39 is 47.4 Å². The van der Waals surface area contributed by atoms with Gasteiger partial charge in [-0.15, -0.1) is 0 Å². The third-order valence-corrected chi connectivity index (χ3v) is 10.8. The lowest BCUT2D eigenvalue weighted by Crippen LogP contribution is -2.60. The average molecular weight is 573 g/mol. The second-order valence-electron chi connectivity index (χ2n) is 14.3. The number of primary amides is 1. The van der Waals surface area contributed by atoms with Gasteiger partial charge in [-0.05, 0) is 81.0 Å².